The van der Waals surface area contributed by atoms with Crippen molar-refractivity contribution in [2.75, 3.05) is 11.1 Å². The molecular weight excluding hydrogens is 368 g/mol. The Morgan fingerprint density at radius 1 is 1.07 bits per heavy atom. The van der Waals surface area contributed by atoms with Gasteiger partial charge in [0.2, 0.25) is 5.91 Å². The molecule has 1 N–H and O–H groups in total. The van der Waals surface area contributed by atoms with Crippen LogP contribution in [0.3, 0.4) is 0 Å². The van der Waals surface area contributed by atoms with Crippen molar-refractivity contribution in [3.63, 3.8) is 0 Å². The van der Waals surface area contributed by atoms with Crippen LogP contribution in [0.2, 0.25) is 0 Å². The molecule has 4 rings (SSSR count). The highest BCUT2D eigenvalue weighted by Gasteiger charge is 2.12. The fraction of sp³-hybridized carbons (Fsp3) is 0.136. The zero-order valence-electron chi connectivity index (χ0n) is 15.7. The SMILES string of the molecule is Cc1ccc(-c2cc3c(SCC(=O)Nc4ccccc4)nccn3n2)cc1C. The molecule has 0 unspecified atom stereocenters. The van der Waals surface area contributed by atoms with Crippen molar-refractivity contribution >= 4 is 28.9 Å². The summed E-state index contributed by atoms with van der Waals surface area (Å²) in [6.45, 7) is 4.20. The molecule has 0 fully saturated rings. The number of amides is 1. The number of benzene rings is 2. The number of aromatic nitrogens is 3. The van der Waals surface area contributed by atoms with E-state index in [1.165, 1.54) is 22.9 Å². The molecule has 5 nitrogen and oxygen atoms in total. The monoisotopic (exact) mass is 388 g/mol. The zero-order valence-corrected chi connectivity index (χ0v) is 16.5. The molecule has 1 amide bonds. The Balaban J connectivity index is 1.54. The number of fused-ring (bicyclic) bond motifs is 1. The van der Waals surface area contributed by atoms with Gasteiger partial charge < -0.3 is 5.32 Å². The van der Waals surface area contributed by atoms with Crippen molar-refractivity contribution in [1.82, 2.24) is 14.6 Å². The standard InChI is InChI=1S/C22H20N4OS/c1-15-8-9-17(12-16(15)2)19-13-20-22(23-10-11-26(20)25-19)28-14-21(27)24-18-6-4-3-5-7-18/h3-13H,14H2,1-2H3,(H,24,27). The average Bonchev–Trinajstić information content (AvgIpc) is 3.14. The molecule has 0 saturated heterocycles. The van der Waals surface area contributed by atoms with E-state index in [1.807, 2.05) is 47.1 Å². The molecule has 6 heteroatoms. The molecule has 0 spiro atoms. The first-order valence-corrected chi connectivity index (χ1v) is 9.98. The Hall–Kier alpha value is -3.12. The normalized spacial score (nSPS) is 10.9. The van der Waals surface area contributed by atoms with E-state index in [9.17, 15) is 4.79 Å². The van der Waals surface area contributed by atoms with Gasteiger partial charge in [0, 0.05) is 23.6 Å². The lowest BCUT2D eigenvalue weighted by Gasteiger charge is -2.05. The van der Waals surface area contributed by atoms with E-state index < -0.39 is 0 Å². The number of carbonyl (C=O) groups excluding carboxylic acids is 1. The van der Waals surface area contributed by atoms with Crippen LogP contribution in [0, 0.1) is 13.8 Å². The first-order chi connectivity index (χ1) is 13.6. The van der Waals surface area contributed by atoms with Crippen LogP contribution in [0.15, 0.2) is 72.0 Å². The van der Waals surface area contributed by atoms with Crippen molar-refractivity contribution in [1.29, 1.82) is 0 Å². The van der Waals surface area contributed by atoms with Gasteiger partial charge in [0.15, 0.2) is 0 Å². The molecular formula is C22H20N4OS. The number of anilines is 1. The number of aryl methyl sites for hydroxylation is 2. The van der Waals surface area contributed by atoms with Gasteiger partial charge in [-0.2, -0.15) is 5.10 Å². The molecule has 2 heterocycles. The van der Waals surface area contributed by atoms with Gasteiger partial charge in [0.25, 0.3) is 0 Å². The molecule has 0 radical (unpaired) electrons. The van der Waals surface area contributed by atoms with Gasteiger partial charge >= 0.3 is 0 Å². The maximum atomic E-state index is 12.2. The minimum Gasteiger partial charge on any atom is -0.325 e. The summed E-state index contributed by atoms with van der Waals surface area (Å²) in [5.41, 5.74) is 6.15. The molecule has 140 valence electrons. The Bertz CT molecular complexity index is 1140. The van der Waals surface area contributed by atoms with Crippen LogP contribution in [0.1, 0.15) is 11.1 Å². The number of rotatable bonds is 5. The largest absolute Gasteiger partial charge is 0.325 e. The van der Waals surface area contributed by atoms with Crippen LogP contribution in [0.5, 0.6) is 0 Å². The number of hydrogen-bond acceptors (Lipinski definition) is 4. The highest BCUT2D eigenvalue weighted by molar-refractivity contribution is 8.00. The highest BCUT2D eigenvalue weighted by Crippen LogP contribution is 2.27. The summed E-state index contributed by atoms with van der Waals surface area (Å²) in [6.07, 6.45) is 3.54. The van der Waals surface area contributed by atoms with Gasteiger partial charge in [-0.25, -0.2) is 9.50 Å². The van der Waals surface area contributed by atoms with E-state index in [4.69, 9.17) is 0 Å². The van der Waals surface area contributed by atoms with Gasteiger partial charge in [-0.05, 0) is 49.2 Å². The molecule has 28 heavy (non-hydrogen) atoms. The lowest BCUT2D eigenvalue weighted by Crippen LogP contribution is -2.14. The van der Waals surface area contributed by atoms with Crippen LogP contribution < -0.4 is 5.32 Å². The number of nitrogens with zero attached hydrogens (tertiary/aromatic N) is 3. The van der Waals surface area contributed by atoms with Crippen molar-refractivity contribution in [2.24, 2.45) is 0 Å². The van der Waals surface area contributed by atoms with E-state index in [1.54, 1.807) is 6.20 Å². The summed E-state index contributed by atoms with van der Waals surface area (Å²) in [6, 6.07) is 17.8. The van der Waals surface area contributed by atoms with Crippen LogP contribution in [0.25, 0.3) is 16.8 Å². The van der Waals surface area contributed by atoms with Gasteiger partial charge in [0.1, 0.15) is 5.03 Å². The summed E-state index contributed by atoms with van der Waals surface area (Å²) in [5.74, 6) is 0.222. The number of para-hydroxylation sites is 1. The fourth-order valence-electron chi connectivity index (χ4n) is 2.90. The van der Waals surface area contributed by atoms with Gasteiger partial charge in [0.05, 0.1) is 17.0 Å². The first kappa shape index (κ1) is 18.3. The van der Waals surface area contributed by atoms with Crippen molar-refractivity contribution in [3.8, 4) is 11.3 Å². The molecule has 0 saturated carbocycles. The van der Waals surface area contributed by atoms with Crippen molar-refractivity contribution < 1.29 is 4.79 Å². The highest BCUT2D eigenvalue weighted by atomic mass is 32.2. The second kappa shape index (κ2) is 7.86. The Morgan fingerprint density at radius 3 is 2.68 bits per heavy atom. The second-order valence-electron chi connectivity index (χ2n) is 6.59. The smallest absolute Gasteiger partial charge is 0.234 e. The molecule has 2 aromatic carbocycles. The summed E-state index contributed by atoms with van der Waals surface area (Å²) in [5, 5.41) is 8.35. The van der Waals surface area contributed by atoms with Crippen LogP contribution >= 0.6 is 11.8 Å². The third kappa shape index (κ3) is 3.92. The number of carbonyl (C=O) groups is 1. The fourth-order valence-corrected chi connectivity index (χ4v) is 3.68. The van der Waals surface area contributed by atoms with E-state index >= 15 is 0 Å². The third-order valence-corrected chi connectivity index (χ3v) is 5.55. The van der Waals surface area contributed by atoms with Crippen LogP contribution in [-0.4, -0.2) is 26.3 Å². The molecule has 0 aliphatic carbocycles. The van der Waals surface area contributed by atoms with Gasteiger partial charge in [-0.3, -0.25) is 4.79 Å². The number of hydrogen-bond donors (Lipinski definition) is 1. The van der Waals surface area contributed by atoms with E-state index in [0.29, 0.717) is 0 Å². The number of nitrogens with one attached hydrogen (secondary N) is 1. The Labute approximate surface area is 167 Å². The molecule has 0 aliphatic rings. The Morgan fingerprint density at radius 2 is 1.89 bits per heavy atom. The van der Waals surface area contributed by atoms with Gasteiger partial charge in [-0.1, -0.05) is 42.1 Å². The quantitative estimate of drug-likeness (QED) is 0.502. The van der Waals surface area contributed by atoms with Gasteiger partial charge in [-0.15, -0.1) is 0 Å². The van der Waals surface area contributed by atoms with Crippen LogP contribution in [-0.2, 0) is 4.79 Å². The second-order valence-corrected chi connectivity index (χ2v) is 7.56. The molecule has 4 aromatic rings. The predicted octanol–water partition coefficient (Wildman–Crippen LogP) is 4.74. The van der Waals surface area contributed by atoms with Crippen molar-refractivity contribution in [2.45, 2.75) is 18.9 Å². The summed E-state index contributed by atoms with van der Waals surface area (Å²) in [7, 11) is 0. The van der Waals surface area contributed by atoms with E-state index in [-0.39, 0.29) is 11.7 Å². The minimum atomic E-state index is -0.0612. The molecule has 2 aromatic heterocycles. The van der Waals surface area contributed by atoms with E-state index in [0.717, 1.165) is 27.5 Å². The van der Waals surface area contributed by atoms with Crippen molar-refractivity contribution in [3.05, 3.63) is 78.1 Å². The average molecular weight is 388 g/mol. The molecule has 0 aliphatic heterocycles. The summed E-state index contributed by atoms with van der Waals surface area (Å²) in [4.78, 5) is 16.7. The molecule has 0 bridgehead atoms. The van der Waals surface area contributed by atoms with E-state index in [2.05, 4.69) is 47.4 Å². The lowest BCUT2D eigenvalue weighted by molar-refractivity contribution is -0.113. The lowest BCUT2D eigenvalue weighted by atomic mass is 10.0. The van der Waals surface area contributed by atoms with Crippen LogP contribution in [0.4, 0.5) is 5.69 Å². The zero-order chi connectivity index (χ0) is 19.5. The summed E-state index contributed by atoms with van der Waals surface area (Å²) >= 11 is 1.41. The Kier molecular flexibility index (Phi) is 5.12. The number of thioether (sulfide) groups is 1. The summed E-state index contributed by atoms with van der Waals surface area (Å²) < 4.78 is 1.81. The first-order valence-electron chi connectivity index (χ1n) is 9.00. The maximum Gasteiger partial charge on any atom is 0.234 e. The molecule has 0 atom stereocenters. The predicted molar refractivity (Wildman–Crippen MR) is 114 cm³/mol. The topological polar surface area (TPSA) is 59.3 Å². The third-order valence-electron chi connectivity index (χ3n) is 4.55. The minimum absolute atomic E-state index is 0.0612. The maximum absolute atomic E-state index is 12.2.